The standard InChI is InChI=1S/C12H16N2O3/c1-17-12-7-10(14(15)16)5-6-11(12)13-8-9-3-2-4-9/h5-7,9,13H,2-4,8H2,1H3. The van der Waals surface area contributed by atoms with Crippen LogP contribution in [0.15, 0.2) is 18.2 Å². The molecule has 92 valence electrons. The van der Waals surface area contributed by atoms with Crippen molar-refractivity contribution in [3.05, 3.63) is 28.3 Å². The summed E-state index contributed by atoms with van der Waals surface area (Å²) in [6, 6.07) is 4.64. The minimum Gasteiger partial charge on any atom is -0.494 e. The highest BCUT2D eigenvalue weighted by atomic mass is 16.6. The lowest BCUT2D eigenvalue weighted by atomic mass is 9.85. The Balaban J connectivity index is 2.06. The van der Waals surface area contributed by atoms with Crippen LogP contribution in [0.2, 0.25) is 0 Å². The Bertz CT molecular complexity index is 416. The van der Waals surface area contributed by atoms with Crippen LogP contribution < -0.4 is 10.1 Å². The Labute approximate surface area is 99.9 Å². The highest BCUT2D eigenvalue weighted by Gasteiger charge is 2.18. The van der Waals surface area contributed by atoms with E-state index in [-0.39, 0.29) is 5.69 Å². The Morgan fingerprint density at radius 3 is 2.82 bits per heavy atom. The number of non-ortho nitro benzene ring substituents is 1. The topological polar surface area (TPSA) is 64.4 Å². The molecule has 0 spiro atoms. The molecule has 0 radical (unpaired) electrons. The fraction of sp³-hybridized carbons (Fsp3) is 0.500. The number of nitro groups is 1. The molecule has 5 heteroatoms. The molecule has 0 unspecified atom stereocenters. The van der Waals surface area contributed by atoms with E-state index in [0.717, 1.165) is 18.2 Å². The van der Waals surface area contributed by atoms with Gasteiger partial charge in [-0.25, -0.2) is 0 Å². The normalized spacial score (nSPS) is 15.1. The van der Waals surface area contributed by atoms with Gasteiger partial charge in [0.2, 0.25) is 0 Å². The molecule has 2 rings (SSSR count). The van der Waals surface area contributed by atoms with Crippen LogP contribution in [-0.2, 0) is 0 Å². The fourth-order valence-electron chi connectivity index (χ4n) is 1.89. The van der Waals surface area contributed by atoms with Gasteiger partial charge in [0.25, 0.3) is 5.69 Å². The average molecular weight is 236 g/mol. The van der Waals surface area contributed by atoms with E-state index in [2.05, 4.69) is 5.32 Å². The molecule has 1 saturated carbocycles. The van der Waals surface area contributed by atoms with Gasteiger partial charge in [-0.05, 0) is 24.8 Å². The van der Waals surface area contributed by atoms with Crippen molar-refractivity contribution in [3.63, 3.8) is 0 Å². The third-order valence-corrected chi connectivity index (χ3v) is 3.20. The quantitative estimate of drug-likeness (QED) is 0.630. The number of benzene rings is 1. The van der Waals surface area contributed by atoms with Gasteiger partial charge >= 0.3 is 0 Å². The monoisotopic (exact) mass is 236 g/mol. The molecule has 5 nitrogen and oxygen atoms in total. The second kappa shape index (κ2) is 5.03. The van der Waals surface area contributed by atoms with Crippen molar-refractivity contribution in [2.24, 2.45) is 5.92 Å². The molecule has 0 heterocycles. The van der Waals surface area contributed by atoms with E-state index >= 15 is 0 Å². The number of rotatable bonds is 5. The lowest BCUT2D eigenvalue weighted by Crippen LogP contribution is -2.21. The molecule has 1 aliphatic rings. The van der Waals surface area contributed by atoms with Crippen LogP contribution in [0.4, 0.5) is 11.4 Å². The molecule has 17 heavy (non-hydrogen) atoms. The van der Waals surface area contributed by atoms with Gasteiger partial charge in [-0.15, -0.1) is 0 Å². The smallest absolute Gasteiger partial charge is 0.273 e. The van der Waals surface area contributed by atoms with Crippen molar-refractivity contribution in [3.8, 4) is 5.75 Å². The zero-order valence-electron chi connectivity index (χ0n) is 9.81. The minimum atomic E-state index is -0.418. The maximum Gasteiger partial charge on any atom is 0.273 e. The molecular weight excluding hydrogens is 220 g/mol. The summed E-state index contributed by atoms with van der Waals surface area (Å²) in [4.78, 5) is 10.2. The van der Waals surface area contributed by atoms with Gasteiger partial charge in [0, 0.05) is 12.6 Å². The van der Waals surface area contributed by atoms with Crippen LogP contribution in [0.1, 0.15) is 19.3 Å². The second-order valence-corrected chi connectivity index (χ2v) is 4.32. The number of nitrogens with one attached hydrogen (secondary N) is 1. The number of hydrogen-bond acceptors (Lipinski definition) is 4. The van der Waals surface area contributed by atoms with Crippen molar-refractivity contribution in [1.29, 1.82) is 0 Å². The fourth-order valence-corrected chi connectivity index (χ4v) is 1.89. The highest BCUT2D eigenvalue weighted by molar-refractivity contribution is 5.60. The summed E-state index contributed by atoms with van der Waals surface area (Å²) in [7, 11) is 1.52. The first-order valence-electron chi connectivity index (χ1n) is 5.77. The van der Waals surface area contributed by atoms with Gasteiger partial charge in [0.15, 0.2) is 0 Å². The largest absolute Gasteiger partial charge is 0.494 e. The average Bonchev–Trinajstić information content (AvgIpc) is 2.27. The summed E-state index contributed by atoms with van der Waals surface area (Å²) in [5.74, 6) is 1.26. The Morgan fingerprint density at radius 2 is 2.29 bits per heavy atom. The molecular formula is C12H16N2O3. The third kappa shape index (κ3) is 2.67. The minimum absolute atomic E-state index is 0.0519. The highest BCUT2D eigenvalue weighted by Crippen LogP contribution is 2.31. The van der Waals surface area contributed by atoms with Crippen LogP contribution in [0.25, 0.3) is 0 Å². The maximum absolute atomic E-state index is 10.6. The van der Waals surface area contributed by atoms with Crippen molar-refractivity contribution < 1.29 is 9.66 Å². The van der Waals surface area contributed by atoms with Gasteiger partial charge in [0.1, 0.15) is 5.75 Å². The first-order valence-corrected chi connectivity index (χ1v) is 5.77. The van der Waals surface area contributed by atoms with E-state index in [1.54, 1.807) is 6.07 Å². The van der Waals surface area contributed by atoms with Gasteiger partial charge in [0.05, 0.1) is 23.8 Å². The van der Waals surface area contributed by atoms with Crippen LogP contribution in [-0.4, -0.2) is 18.6 Å². The van der Waals surface area contributed by atoms with Gasteiger partial charge < -0.3 is 10.1 Å². The van der Waals surface area contributed by atoms with Crippen LogP contribution in [0.3, 0.4) is 0 Å². The van der Waals surface area contributed by atoms with Crippen molar-refractivity contribution >= 4 is 11.4 Å². The number of ether oxygens (including phenoxy) is 1. The zero-order chi connectivity index (χ0) is 12.3. The molecule has 1 fully saturated rings. The van der Waals surface area contributed by atoms with Crippen LogP contribution in [0, 0.1) is 16.0 Å². The Hall–Kier alpha value is -1.78. The lowest BCUT2D eigenvalue weighted by Gasteiger charge is -2.26. The second-order valence-electron chi connectivity index (χ2n) is 4.32. The maximum atomic E-state index is 10.6. The van der Waals surface area contributed by atoms with Gasteiger partial charge in [-0.1, -0.05) is 6.42 Å². The van der Waals surface area contributed by atoms with Crippen molar-refractivity contribution in [2.45, 2.75) is 19.3 Å². The van der Waals surface area contributed by atoms with Crippen LogP contribution in [0.5, 0.6) is 5.75 Å². The van der Waals surface area contributed by atoms with E-state index in [0.29, 0.717) is 5.75 Å². The van der Waals surface area contributed by atoms with Crippen LogP contribution >= 0.6 is 0 Å². The molecule has 0 bridgehead atoms. The summed E-state index contributed by atoms with van der Waals surface area (Å²) >= 11 is 0. The van der Waals surface area contributed by atoms with E-state index in [4.69, 9.17) is 4.74 Å². The number of hydrogen-bond donors (Lipinski definition) is 1. The van der Waals surface area contributed by atoms with Gasteiger partial charge in [-0.3, -0.25) is 10.1 Å². The van der Waals surface area contributed by atoms with E-state index in [9.17, 15) is 10.1 Å². The summed E-state index contributed by atoms with van der Waals surface area (Å²) < 4.78 is 5.15. The van der Waals surface area contributed by atoms with E-state index < -0.39 is 4.92 Å². The predicted octanol–water partition coefficient (Wildman–Crippen LogP) is 2.82. The lowest BCUT2D eigenvalue weighted by molar-refractivity contribution is -0.384. The summed E-state index contributed by atoms with van der Waals surface area (Å²) in [6.45, 7) is 0.911. The first kappa shape index (κ1) is 11.7. The summed E-state index contributed by atoms with van der Waals surface area (Å²) in [5.41, 5.74) is 0.876. The molecule has 0 aliphatic heterocycles. The van der Waals surface area contributed by atoms with Crippen molar-refractivity contribution in [2.75, 3.05) is 19.0 Å². The Kier molecular flexibility index (Phi) is 3.46. The van der Waals surface area contributed by atoms with E-state index in [1.807, 2.05) is 0 Å². The number of anilines is 1. The van der Waals surface area contributed by atoms with Gasteiger partial charge in [-0.2, -0.15) is 0 Å². The summed E-state index contributed by atoms with van der Waals surface area (Å²) in [5, 5.41) is 13.9. The summed E-state index contributed by atoms with van der Waals surface area (Å²) in [6.07, 6.45) is 3.84. The molecule has 0 saturated heterocycles. The number of methoxy groups -OCH3 is 1. The van der Waals surface area contributed by atoms with E-state index in [1.165, 1.54) is 38.5 Å². The van der Waals surface area contributed by atoms with Crippen molar-refractivity contribution in [1.82, 2.24) is 0 Å². The predicted molar refractivity (Wildman–Crippen MR) is 65.5 cm³/mol. The molecule has 1 aliphatic carbocycles. The molecule has 1 N–H and O–H groups in total. The number of nitro benzene ring substituents is 1. The Morgan fingerprint density at radius 1 is 1.53 bits per heavy atom. The number of nitrogens with zero attached hydrogens (tertiary/aromatic N) is 1. The molecule has 1 aromatic rings. The molecule has 0 aromatic heterocycles. The third-order valence-electron chi connectivity index (χ3n) is 3.20. The first-order chi connectivity index (χ1) is 8.20. The molecule has 0 atom stereocenters. The molecule has 0 amide bonds. The molecule has 1 aromatic carbocycles. The SMILES string of the molecule is COc1cc([N+](=O)[O-])ccc1NCC1CCC1. The zero-order valence-corrected chi connectivity index (χ0v) is 9.81.